The Labute approximate surface area is 236 Å². The van der Waals surface area contributed by atoms with Crippen molar-refractivity contribution in [1.29, 1.82) is 0 Å². The number of hydrogen-bond acceptors (Lipinski definition) is 3. The predicted molar refractivity (Wildman–Crippen MR) is 166 cm³/mol. The van der Waals surface area contributed by atoms with E-state index >= 15 is 0 Å². The maximum Gasteiger partial charge on any atom is 0.195 e. The van der Waals surface area contributed by atoms with Crippen molar-refractivity contribution in [2.24, 2.45) is 22.7 Å². The van der Waals surface area contributed by atoms with E-state index in [1.165, 1.54) is 24.8 Å². The zero-order valence-electron chi connectivity index (χ0n) is 27.0. The van der Waals surface area contributed by atoms with E-state index < -0.39 is 22.4 Å². The predicted octanol–water partition coefficient (Wildman–Crippen LogP) is 9.53. The molecule has 2 fully saturated rings. The van der Waals surface area contributed by atoms with Crippen LogP contribution in [0.1, 0.15) is 101 Å². The Morgan fingerprint density at radius 2 is 1.55 bits per heavy atom. The van der Waals surface area contributed by atoms with E-state index in [-0.39, 0.29) is 21.6 Å². The fourth-order valence-electron chi connectivity index (χ4n) is 7.65. The molecule has 0 aliphatic heterocycles. The molecule has 2 saturated carbocycles. The first-order valence-corrected chi connectivity index (χ1v) is 21.1. The molecule has 0 radical (unpaired) electrons. The zero-order chi connectivity index (χ0) is 28.7. The third-order valence-electron chi connectivity index (χ3n) is 12.3. The molecular weight excluding hydrogens is 501 g/mol. The molecule has 0 aromatic rings. The minimum atomic E-state index is -2.19. The Balaban J connectivity index is 1.78. The summed E-state index contributed by atoms with van der Waals surface area (Å²) >= 11 is 0. The van der Waals surface area contributed by atoms with E-state index in [2.05, 4.69) is 107 Å². The zero-order valence-corrected chi connectivity index (χ0v) is 29.0. The van der Waals surface area contributed by atoms with E-state index in [4.69, 9.17) is 8.85 Å². The van der Waals surface area contributed by atoms with E-state index in [9.17, 15) is 5.11 Å². The highest BCUT2D eigenvalue weighted by atomic mass is 28.4. The van der Waals surface area contributed by atoms with Gasteiger partial charge in [-0.3, -0.25) is 0 Å². The van der Waals surface area contributed by atoms with E-state index in [1.807, 2.05) is 0 Å². The Kier molecular flexibility index (Phi) is 7.44. The Bertz CT molecular complexity index is 1040. The van der Waals surface area contributed by atoms with Crippen LogP contribution in [0.15, 0.2) is 34.9 Å². The summed E-state index contributed by atoms with van der Waals surface area (Å²) in [4.78, 5) is 0. The number of allylic oxidation sites excluding steroid dienone is 5. The lowest BCUT2D eigenvalue weighted by atomic mass is 9.49. The van der Waals surface area contributed by atoms with Gasteiger partial charge in [-0.15, -0.1) is 0 Å². The van der Waals surface area contributed by atoms with Crippen LogP contribution in [0.4, 0.5) is 0 Å². The standard InChI is InChI=1S/C33H58O3Si2/c1-14-23-16-18-26-25-17-15-24-21-33(34,36-38(12,13)30(5,6)7)22-28(35-37(10,11)29(2,3)4)32(24,9)27(25)19-20-31(23,26)8/h15-17,26-28,34H,14,18-22H2,1-13H3/t26-,27-,28-,31+,32-,33+/m0/s1. The highest BCUT2D eigenvalue weighted by Crippen LogP contribution is 2.65. The maximum atomic E-state index is 12.2. The normalized spacial score (nSPS) is 38.1. The van der Waals surface area contributed by atoms with Gasteiger partial charge in [0.25, 0.3) is 0 Å². The third kappa shape index (κ3) is 4.74. The molecular formula is C33H58O3Si2. The second-order valence-corrected chi connectivity index (χ2v) is 26.1. The topological polar surface area (TPSA) is 38.7 Å². The van der Waals surface area contributed by atoms with Gasteiger partial charge in [0.1, 0.15) is 0 Å². The quantitative estimate of drug-likeness (QED) is 0.207. The summed E-state index contributed by atoms with van der Waals surface area (Å²) in [5, 5.41) is 12.4. The van der Waals surface area contributed by atoms with Crippen LogP contribution in [0.25, 0.3) is 0 Å². The summed E-state index contributed by atoms with van der Waals surface area (Å²) in [7, 11) is -4.29. The summed E-state index contributed by atoms with van der Waals surface area (Å²) in [5.74, 6) is -0.110. The molecule has 4 rings (SSSR count). The Morgan fingerprint density at radius 3 is 2.11 bits per heavy atom. The molecule has 1 N–H and O–H groups in total. The summed E-state index contributed by atoms with van der Waals surface area (Å²) in [6, 6.07) is 0. The lowest BCUT2D eigenvalue weighted by Gasteiger charge is -2.60. The summed E-state index contributed by atoms with van der Waals surface area (Å²) in [5.41, 5.74) is 4.84. The van der Waals surface area contributed by atoms with Crippen molar-refractivity contribution >= 4 is 16.6 Å². The summed E-state index contributed by atoms with van der Waals surface area (Å²) in [6.45, 7) is 30.3. The summed E-state index contributed by atoms with van der Waals surface area (Å²) in [6.07, 6.45) is 13.3. The van der Waals surface area contributed by atoms with Gasteiger partial charge >= 0.3 is 0 Å². The maximum absolute atomic E-state index is 12.2. The fraction of sp³-hybridized carbons (Fsp3) is 0.818. The third-order valence-corrected chi connectivity index (χ3v) is 21.3. The minimum absolute atomic E-state index is 0.0353. The van der Waals surface area contributed by atoms with Crippen LogP contribution in [0, 0.1) is 22.7 Å². The highest BCUT2D eigenvalue weighted by molar-refractivity contribution is 6.74. The first-order valence-electron chi connectivity index (χ1n) is 15.3. The van der Waals surface area contributed by atoms with E-state index in [1.54, 1.807) is 11.1 Å². The van der Waals surface area contributed by atoms with Crippen molar-refractivity contribution in [2.75, 3.05) is 0 Å². The lowest BCUT2D eigenvalue weighted by Crippen LogP contribution is -2.62. The van der Waals surface area contributed by atoms with Gasteiger partial charge in [-0.2, -0.15) is 0 Å². The van der Waals surface area contributed by atoms with Crippen LogP contribution in [0.2, 0.25) is 36.3 Å². The van der Waals surface area contributed by atoms with Crippen LogP contribution >= 0.6 is 0 Å². The molecule has 0 spiro atoms. The molecule has 0 aromatic heterocycles. The van der Waals surface area contributed by atoms with Crippen molar-refractivity contribution < 1.29 is 14.0 Å². The molecule has 38 heavy (non-hydrogen) atoms. The second kappa shape index (κ2) is 9.27. The molecule has 6 atom stereocenters. The monoisotopic (exact) mass is 558 g/mol. The van der Waals surface area contributed by atoms with Gasteiger partial charge in [0.15, 0.2) is 22.4 Å². The van der Waals surface area contributed by atoms with Gasteiger partial charge in [0.05, 0.1) is 6.10 Å². The summed E-state index contributed by atoms with van der Waals surface area (Å²) < 4.78 is 14.2. The van der Waals surface area contributed by atoms with Crippen LogP contribution in [0.5, 0.6) is 0 Å². The first kappa shape index (κ1) is 30.5. The SMILES string of the molecule is CCC1=CC[C@H]2C3=CC=C4C[C@@](O)(O[Si](C)(C)C(C)(C)C)C[C@H](O[Si](C)(C)C(C)(C)C)[C@]4(C)[C@H]3CC[C@]12C. The van der Waals surface area contributed by atoms with Crippen LogP contribution in [-0.2, 0) is 8.85 Å². The molecule has 4 aliphatic rings. The van der Waals surface area contributed by atoms with Gasteiger partial charge in [-0.25, -0.2) is 0 Å². The first-order chi connectivity index (χ1) is 17.1. The van der Waals surface area contributed by atoms with Crippen LogP contribution < -0.4 is 0 Å². The molecule has 4 aliphatic carbocycles. The average molecular weight is 559 g/mol. The van der Waals surface area contributed by atoms with E-state index in [0.717, 1.165) is 6.42 Å². The highest BCUT2D eigenvalue weighted by Gasteiger charge is 2.61. The van der Waals surface area contributed by atoms with Gasteiger partial charge in [0, 0.05) is 18.3 Å². The molecule has 0 saturated heterocycles. The molecule has 216 valence electrons. The van der Waals surface area contributed by atoms with Crippen molar-refractivity contribution in [1.82, 2.24) is 0 Å². The van der Waals surface area contributed by atoms with Gasteiger partial charge in [-0.1, -0.05) is 97.3 Å². The number of fused-ring (bicyclic) bond motifs is 5. The Morgan fingerprint density at radius 1 is 0.947 bits per heavy atom. The smallest absolute Gasteiger partial charge is 0.195 e. The molecule has 5 heteroatoms. The average Bonchev–Trinajstić information content (AvgIpc) is 3.08. The van der Waals surface area contributed by atoms with E-state index in [0.29, 0.717) is 30.1 Å². The van der Waals surface area contributed by atoms with Crippen molar-refractivity contribution in [3.63, 3.8) is 0 Å². The Hall–Kier alpha value is -0.466. The molecule has 0 aromatic carbocycles. The molecule has 0 bridgehead atoms. The lowest BCUT2D eigenvalue weighted by molar-refractivity contribution is -0.198. The van der Waals surface area contributed by atoms with Crippen LogP contribution in [0.3, 0.4) is 0 Å². The largest absolute Gasteiger partial charge is 0.413 e. The van der Waals surface area contributed by atoms with Crippen molar-refractivity contribution in [2.45, 2.75) is 149 Å². The number of aliphatic hydroxyl groups is 1. The number of hydrogen-bond donors (Lipinski definition) is 1. The second-order valence-electron chi connectivity index (χ2n) is 16.6. The van der Waals surface area contributed by atoms with Gasteiger partial charge in [0.2, 0.25) is 0 Å². The minimum Gasteiger partial charge on any atom is -0.413 e. The molecule has 0 heterocycles. The number of rotatable bonds is 5. The molecule has 0 unspecified atom stereocenters. The van der Waals surface area contributed by atoms with Gasteiger partial charge < -0.3 is 14.0 Å². The van der Waals surface area contributed by atoms with Crippen molar-refractivity contribution in [3.05, 3.63) is 34.9 Å². The van der Waals surface area contributed by atoms with Crippen LogP contribution in [-0.4, -0.2) is 33.6 Å². The van der Waals surface area contributed by atoms with Crippen molar-refractivity contribution in [3.8, 4) is 0 Å². The fourth-order valence-corrected chi connectivity index (χ4v) is 10.5. The molecule has 0 amide bonds. The van der Waals surface area contributed by atoms with Gasteiger partial charge in [-0.05, 0) is 79.2 Å². The molecule has 3 nitrogen and oxygen atoms in total.